The molecule has 32 heavy (non-hydrogen) atoms. The van der Waals surface area contributed by atoms with Crippen LogP contribution in [0.5, 0.6) is 5.75 Å². The van der Waals surface area contributed by atoms with Crippen LogP contribution in [0.1, 0.15) is 33.9 Å². The molecule has 0 aliphatic carbocycles. The fraction of sp³-hybridized carbons (Fsp3) is 0.160. The second-order valence-corrected chi connectivity index (χ2v) is 7.44. The van der Waals surface area contributed by atoms with Gasteiger partial charge in [-0.1, -0.05) is 42.5 Å². The Balaban J connectivity index is 1.54. The molecule has 7 heteroatoms. The third-order valence-corrected chi connectivity index (χ3v) is 5.39. The first-order valence-corrected chi connectivity index (χ1v) is 10.3. The van der Waals surface area contributed by atoms with Gasteiger partial charge in [0.15, 0.2) is 0 Å². The van der Waals surface area contributed by atoms with E-state index in [9.17, 15) is 9.59 Å². The number of benzene rings is 3. The summed E-state index contributed by atoms with van der Waals surface area (Å²) in [6, 6.07) is 24.0. The zero-order valence-corrected chi connectivity index (χ0v) is 17.7. The predicted molar refractivity (Wildman–Crippen MR) is 124 cm³/mol. The first-order valence-electron chi connectivity index (χ1n) is 10.3. The average Bonchev–Trinajstić information content (AvgIpc) is 3.29. The second kappa shape index (κ2) is 9.34. The highest BCUT2D eigenvalue weighted by Crippen LogP contribution is 2.33. The van der Waals surface area contributed by atoms with Crippen molar-refractivity contribution in [1.29, 1.82) is 0 Å². The molecule has 1 aliphatic rings. The van der Waals surface area contributed by atoms with E-state index < -0.39 is 5.91 Å². The molecule has 4 rings (SSSR count). The molecule has 0 saturated carbocycles. The van der Waals surface area contributed by atoms with E-state index in [2.05, 4.69) is 10.4 Å². The van der Waals surface area contributed by atoms with Crippen LogP contribution >= 0.6 is 0 Å². The summed E-state index contributed by atoms with van der Waals surface area (Å²) in [4.78, 5) is 24.4. The van der Waals surface area contributed by atoms with Gasteiger partial charge in [0.25, 0.3) is 5.91 Å². The van der Waals surface area contributed by atoms with E-state index in [0.29, 0.717) is 12.0 Å². The van der Waals surface area contributed by atoms with Gasteiger partial charge in [0.1, 0.15) is 5.75 Å². The second-order valence-electron chi connectivity index (χ2n) is 7.44. The van der Waals surface area contributed by atoms with Gasteiger partial charge in [-0.3, -0.25) is 9.59 Å². The van der Waals surface area contributed by atoms with Crippen molar-refractivity contribution in [2.75, 3.05) is 19.0 Å². The summed E-state index contributed by atoms with van der Waals surface area (Å²) in [6.45, 7) is 0.0636. The van der Waals surface area contributed by atoms with Crippen molar-refractivity contribution in [2.45, 2.75) is 12.5 Å². The van der Waals surface area contributed by atoms with Crippen LogP contribution in [-0.4, -0.2) is 36.2 Å². The molecule has 162 valence electrons. The number of nitrogens with two attached hydrogens (primary N) is 1. The van der Waals surface area contributed by atoms with Crippen molar-refractivity contribution in [3.05, 3.63) is 95.6 Å². The minimum Gasteiger partial charge on any atom is -0.497 e. The number of hydrogen-bond donors (Lipinski definition) is 2. The van der Waals surface area contributed by atoms with Gasteiger partial charge in [0.05, 0.1) is 25.4 Å². The zero-order valence-electron chi connectivity index (χ0n) is 17.7. The zero-order chi connectivity index (χ0) is 22.5. The number of ether oxygens (including phenoxy) is 1. The number of anilines is 1. The maximum Gasteiger partial charge on any atom is 0.262 e. The molecule has 3 aromatic carbocycles. The van der Waals surface area contributed by atoms with Gasteiger partial charge in [0.2, 0.25) is 5.91 Å². The number of carbonyl (C=O) groups excluding carboxylic acids is 2. The molecule has 1 unspecified atom stereocenters. The number of amides is 2. The van der Waals surface area contributed by atoms with Crippen LogP contribution in [0.4, 0.5) is 5.69 Å². The standard InChI is InChI=1S/C25H24N4O3/c1-32-21-13-9-18(10-14-21)23-15-22(17-5-3-2-4-6-17)28-29(23)24(30)16-27-20-11-7-19(8-12-20)25(26)31/h2-14,23,27H,15-16H2,1H3,(H2,26,31). The van der Waals surface area contributed by atoms with Crippen LogP contribution in [0.2, 0.25) is 0 Å². The van der Waals surface area contributed by atoms with Gasteiger partial charge in [-0.2, -0.15) is 5.10 Å². The highest BCUT2D eigenvalue weighted by molar-refractivity contribution is 6.03. The first-order chi connectivity index (χ1) is 15.5. The molecular weight excluding hydrogens is 404 g/mol. The number of primary amides is 1. The lowest BCUT2D eigenvalue weighted by Crippen LogP contribution is -2.32. The Kier molecular flexibility index (Phi) is 6.17. The number of methoxy groups -OCH3 is 1. The number of hydrogen-bond acceptors (Lipinski definition) is 5. The quantitative estimate of drug-likeness (QED) is 0.601. The number of nitrogens with zero attached hydrogens (tertiary/aromatic N) is 2. The molecule has 0 spiro atoms. The number of rotatable bonds is 7. The lowest BCUT2D eigenvalue weighted by atomic mass is 9.98. The largest absolute Gasteiger partial charge is 0.497 e. The van der Waals surface area contributed by atoms with Crippen LogP contribution < -0.4 is 15.8 Å². The van der Waals surface area contributed by atoms with Crippen LogP contribution in [0.25, 0.3) is 0 Å². The normalized spacial score (nSPS) is 15.2. The Hall–Kier alpha value is -4.13. The first kappa shape index (κ1) is 21.1. The van der Waals surface area contributed by atoms with Crippen molar-refractivity contribution in [3.63, 3.8) is 0 Å². The molecule has 3 N–H and O–H groups in total. The van der Waals surface area contributed by atoms with Gasteiger partial charge in [-0.05, 0) is 47.5 Å². The highest BCUT2D eigenvalue weighted by Gasteiger charge is 2.32. The third kappa shape index (κ3) is 4.62. The lowest BCUT2D eigenvalue weighted by molar-refractivity contribution is -0.131. The summed E-state index contributed by atoms with van der Waals surface area (Å²) < 4.78 is 5.26. The summed E-state index contributed by atoms with van der Waals surface area (Å²) in [5.74, 6) is 0.112. The fourth-order valence-electron chi connectivity index (χ4n) is 3.64. The van der Waals surface area contributed by atoms with E-state index in [1.807, 2.05) is 54.6 Å². The molecule has 2 amide bonds. The van der Waals surface area contributed by atoms with Crippen LogP contribution in [0.3, 0.4) is 0 Å². The van der Waals surface area contributed by atoms with Gasteiger partial charge in [0, 0.05) is 17.7 Å². The number of nitrogens with one attached hydrogen (secondary N) is 1. The Morgan fingerprint density at radius 3 is 2.34 bits per heavy atom. The summed E-state index contributed by atoms with van der Waals surface area (Å²) in [5.41, 5.74) is 9.26. The van der Waals surface area contributed by atoms with E-state index in [1.165, 1.54) is 0 Å². The monoisotopic (exact) mass is 428 g/mol. The minimum absolute atomic E-state index is 0.0636. The van der Waals surface area contributed by atoms with Crippen LogP contribution in [-0.2, 0) is 4.79 Å². The molecule has 0 radical (unpaired) electrons. The molecular formula is C25H24N4O3. The molecule has 1 atom stereocenters. The van der Waals surface area contributed by atoms with Gasteiger partial charge >= 0.3 is 0 Å². The summed E-state index contributed by atoms with van der Waals surface area (Å²) in [7, 11) is 1.62. The maximum atomic E-state index is 13.1. The molecule has 0 bridgehead atoms. The van der Waals surface area contributed by atoms with E-state index in [0.717, 1.165) is 28.3 Å². The molecule has 7 nitrogen and oxygen atoms in total. The van der Waals surface area contributed by atoms with Crippen molar-refractivity contribution >= 4 is 23.2 Å². The lowest BCUT2D eigenvalue weighted by Gasteiger charge is -2.22. The molecule has 1 heterocycles. The van der Waals surface area contributed by atoms with Crippen molar-refractivity contribution in [1.82, 2.24) is 5.01 Å². The Labute approximate surface area is 186 Å². The fourth-order valence-corrected chi connectivity index (χ4v) is 3.64. The summed E-state index contributed by atoms with van der Waals surface area (Å²) >= 11 is 0. The van der Waals surface area contributed by atoms with Crippen LogP contribution in [0, 0.1) is 0 Å². The average molecular weight is 428 g/mol. The Morgan fingerprint density at radius 2 is 1.72 bits per heavy atom. The van der Waals surface area contributed by atoms with E-state index in [1.54, 1.807) is 36.4 Å². The highest BCUT2D eigenvalue weighted by atomic mass is 16.5. The van der Waals surface area contributed by atoms with E-state index in [4.69, 9.17) is 10.5 Å². The molecule has 0 aromatic heterocycles. The van der Waals surface area contributed by atoms with E-state index >= 15 is 0 Å². The van der Waals surface area contributed by atoms with Crippen molar-refractivity contribution in [2.24, 2.45) is 10.8 Å². The van der Waals surface area contributed by atoms with Crippen LogP contribution in [0.15, 0.2) is 84.0 Å². The van der Waals surface area contributed by atoms with Gasteiger partial charge in [-0.25, -0.2) is 5.01 Å². The van der Waals surface area contributed by atoms with E-state index in [-0.39, 0.29) is 18.5 Å². The summed E-state index contributed by atoms with van der Waals surface area (Å²) in [6.07, 6.45) is 0.620. The van der Waals surface area contributed by atoms with Gasteiger partial charge < -0.3 is 15.8 Å². The minimum atomic E-state index is -0.491. The SMILES string of the molecule is COc1ccc(C2CC(c3ccccc3)=NN2C(=O)CNc2ccc(C(N)=O)cc2)cc1. The van der Waals surface area contributed by atoms with Crippen molar-refractivity contribution < 1.29 is 14.3 Å². The smallest absolute Gasteiger partial charge is 0.262 e. The van der Waals surface area contributed by atoms with Gasteiger partial charge in [-0.15, -0.1) is 0 Å². The number of carbonyl (C=O) groups is 2. The molecule has 0 saturated heterocycles. The predicted octanol–water partition coefficient (Wildman–Crippen LogP) is 3.58. The molecule has 3 aromatic rings. The molecule has 0 fully saturated rings. The topological polar surface area (TPSA) is 97.0 Å². The summed E-state index contributed by atoms with van der Waals surface area (Å²) in [5, 5.41) is 9.33. The maximum absolute atomic E-state index is 13.1. The Bertz CT molecular complexity index is 1130. The third-order valence-electron chi connectivity index (χ3n) is 5.39. The Morgan fingerprint density at radius 1 is 1.03 bits per heavy atom. The number of hydrazone groups is 1. The molecule has 1 aliphatic heterocycles. The van der Waals surface area contributed by atoms with Crippen molar-refractivity contribution in [3.8, 4) is 5.75 Å².